The summed E-state index contributed by atoms with van der Waals surface area (Å²) in [7, 11) is 0. The third-order valence-corrected chi connectivity index (χ3v) is 4.36. The Bertz CT molecular complexity index is 800. The lowest BCUT2D eigenvalue weighted by Gasteiger charge is -2.33. The van der Waals surface area contributed by atoms with Crippen LogP contribution in [0.5, 0.6) is 0 Å². The van der Waals surface area contributed by atoms with Crippen LogP contribution in [0.3, 0.4) is 0 Å². The average Bonchev–Trinajstić information content (AvgIpc) is 3.39. The van der Waals surface area contributed by atoms with Crippen molar-refractivity contribution in [2.24, 2.45) is 10.9 Å². The van der Waals surface area contributed by atoms with Crippen LogP contribution in [0.25, 0.3) is 0 Å². The molecule has 1 aliphatic carbocycles. The number of nitrogens with zero attached hydrogens (tertiary/aromatic N) is 2. The Morgan fingerprint density at radius 2 is 2.14 bits per heavy atom. The Morgan fingerprint density at radius 3 is 2.91 bits per heavy atom. The van der Waals surface area contributed by atoms with E-state index in [-0.39, 0.29) is 0 Å². The minimum Gasteiger partial charge on any atom is -0.356 e. The van der Waals surface area contributed by atoms with Crippen LogP contribution >= 0.6 is 11.6 Å². The predicted molar refractivity (Wildman–Crippen MR) is 88.3 cm³/mol. The van der Waals surface area contributed by atoms with Gasteiger partial charge in [-0.15, -0.1) is 0 Å². The van der Waals surface area contributed by atoms with Gasteiger partial charge in [0, 0.05) is 16.8 Å². The fourth-order valence-corrected chi connectivity index (χ4v) is 3.05. The normalized spacial score (nSPS) is 22.2. The summed E-state index contributed by atoms with van der Waals surface area (Å²) in [6.07, 6.45) is 5.82. The molecule has 1 unspecified atom stereocenters. The molecule has 1 saturated carbocycles. The van der Waals surface area contributed by atoms with E-state index < -0.39 is 5.54 Å². The molecule has 22 heavy (non-hydrogen) atoms. The SMILES string of the molecule is Clc1ccc2c(c1)C(C#Cc1ccccn1)(C1CC1)NC=N2. The first-order valence-electron chi connectivity index (χ1n) is 7.32. The van der Waals surface area contributed by atoms with Crippen molar-refractivity contribution >= 4 is 23.6 Å². The van der Waals surface area contributed by atoms with E-state index in [4.69, 9.17) is 11.6 Å². The van der Waals surface area contributed by atoms with E-state index in [9.17, 15) is 0 Å². The third-order valence-electron chi connectivity index (χ3n) is 4.12. The van der Waals surface area contributed by atoms with Gasteiger partial charge in [-0.3, -0.25) is 0 Å². The van der Waals surface area contributed by atoms with Gasteiger partial charge in [0.1, 0.15) is 11.2 Å². The summed E-state index contributed by atoms with van der Waals surface area (Å²) in [5.74, 6) is 7.11. The number of fused-ring (bicyclic) bond motifs is 1. The van der Waals surface area contributed by atoms with Crippen molar-refractivity contribution in [3.63, 3.8) is 0 Å². The molecule has 4 heteroatoms. The van der Waals surface area contributed by atoms with Gasteiger partial charge in [0.25, 0.3) is 0 Å². The standard InChI is InChI=1S/C18H14ClN3/c19-14-6-7-17-16(11-14)18(13-4-5-13,22-12-21-17)9-8-15-3-1-2-10-20-15/h1-3,6-7,10-13H,4-5H2,(H,21,22). The van der Waals surface area contributed by atoms with Gasteiger partial charge in [-0.1, -0.05) is 23.6 Å². The number of halogens is 1. The molecule has 1 atom stereocenters. The molecule has 2 aromatic rings. The topological polar surface area (TPSA) is 37.3 Å². The summed E-state index contributed by atoms with van der Waals surface area (Å²) in [5, 5.41) is 4.11. The summed E-state index contributed by atoms with van der Waals surface area (Å²) >= 11 is 6.21. The molecular formula is C18H14ClN3. The summed E-state index contributed by atoms with van der Waals surface area (Å²) in [4.78, 5) is 8.70. The number of benzene rings is 1. The molecule has 2 heterocycles. The fourth-order valence-electron chi connectivity index (χ4n) is 2.88. The van der Waals surface area contributed by atoms with Gasteiger partial charge < -0.3 is 5.32 Å². The Hall–Kier alpha value is -2.31. The highest BCUT2D eigenvalue weighted by atomic mass is 35.5. The van der Waals surface area contributed by atoms with Gasteiger partial charge in [0.05, 0.1) is 12.0 Å². The number of nitrogens with one attached hydrogen (secondary N) is 1. The second-order valence-electron chi connectivity index (χ2n) is 5.61. The van der Waals surface area contributed by atoms with Gasteiger partial charge >= 0.3 is 0 Å². The van der Waals surface area contributed by atoms with Gasteiger partial charge in [-0.2, -0.15) is 0 Å². The Kier molecular flexibility index (Phi) is 3.13. The second-order valence-corrected chi connectivity index (χ2v) is 6.05. The van der Waals surface area contributed by atoms with E-state index in [1.807, 2.05) is 36.4 Å². The number of pyridine rings is 1. The molecule has 0 radical (unpaired) electrons. The maximum atomic E-state index is 6.21. The molecule has 3 nitrogen and oxygen atoms in total. The highest BCUT2D eigenvalue weighted by Gasteiger charge is 2.47. The van der Waals surface area contributed by atoms with Crippen LogP contribution in [0.1, 0.15) is 24.1 Å². The highest BCUT2D eigenvalue weighted by Crippen LogP contribution is 2.49. The molecule has 2 aliphatic rings. The minimum atomic E-state index is -0.417. The van der Waals surface area contributed by atoms with Crippen molar-refractivity contribution < 1.29 is 0 Å². The van der Waals surface area contributed by atoms with Gasteiger partial charge in [0.2, 0.25) is 0 Å². The van der Waals surface area contributed by atoms with Crippen LogP contribution in [0.2, 0.25) is 5.02 Å². The first-order chi connectivity index (χ1) is 10.8. The van der Waals surface area contributed by atoms with E-state index in [1.165, 1.54) is 0 Å². The molecule has 1 fully saturated rings. The fraction of sp³-hybridized carbons (Fsp3) is 0.222. The monoisotopic (exact) mass is 307 g/mol. The first kappa shape index (κ1) is 13.4. The van der Waals surface area contributed by atoms with Crippen LogP contribution in [-0.4, -0.2) is 11.3 Å². The highest BCUT2D eigenvalue weighted by molar-refractivity contribution is 6.30. The summed E-state index contributed by atoms with van der Waals surface area (Å²) in [5.41, 5.74) is 2.36. The number of hydrogen-bond acceptors (Lipinski definition) is 3. The molecule has 1 aromatic carbocycles. The Balaban J connectivity index is 1.84. The largest absolute Gasteiger partial charge is 0.356 e. The lowest BCUT2D eigenvalue weighted by molar-refractivity contribution is 0.451. The van der Waals surface area contributed by atoms with Gasteiger partial charge in [0.15, 0.2) is 0 Å². The van der Waals surface area contributed by atoms with E-state index in [0.717, 1.165) is 29.8 Å². The summed E-state index contributed by atoms with van der Waals surface area (Å²) < 4.78 is 0. The second kappa shape index (κ2) is 5.15. The number of aromatic nitrogens is 1. The lowest BCUT2D eigenvalue weighted by atomic mass is 9.83. The molecule has 1 aliphatic heterocycles. The van der Waals surface area contributed by atoms with E-state index >= 15 is 0 Å². The number of aliphatic imine (C=N–C) groups is 1. The van der Waals surface area contributed by atoms with E-state index in [0.29, 0.717) is 10.9 Å². The van der Waals surface area contributed by atoms with Crippen molar-refractivity contribution in [3.8, 4) is 11.8 Å². The predicted octanol–water partition coefficient (Wildman–Crippen LogP) is 3.66. The Morgan fingerprint density at radius 1 is 1.23 bits per heavy atom. The first-order valence-corrected chi connectivity index (χ1v) is 7.70. The van der Waals surface area contributed by atoms with Crippen molar-refractivity contribution in [3.05, 3.63) is 58.9 Å². The maximum Gasteiger partial charge on any atom is 0.131 e. The van der Waals surface area contributed by atoms with Crippen LogP contribution in [0.4, 0.5) is 5.69 Å². The molecule has 0 saturated heterocycles. The zero-order chi connectivity index (χ0) is 15.0. The maximum absolute atomic E-state index is 6.21. The van der Waals surface area contributed by atoms with Crippen LogP contribution in [-0.2, 0) is 5.54 Å². The average molecular weight is 308 g/mol. The van der Waals surface area contributed by atoms with Gasteiger partial charge in [-0.05, 0) is 55.0 Å². The molecule has 0 spiro atoms. The van der Waals surface area contributed by atoms with Crippen LogP contribution in [0, 0.1) is 17.8 Å². The number of rotatable bonds is 1. The zero-order valence-corrected chi connectivity index (χ0v) is 12.6. The molecule has 1 N–H and O–H groups in total. The van der Waals surface area contributed by atoms with Crippen molar-refractivity contribution in [2.75, 3.05) is 0 Å². The third kappa shape index (κ3) is 2.26. The van der Waals surface area contributed by atoms with Gasteiger partial charge in [-0.25, -0.2) is 9.98 Å². The molecule has 1 aromatic heterocycles. The van der Waals surface area contributed by atoms with E-state index in [1.54, 1.807) is 12.5 Å². The zero-order valence-electron chi connectivity index (χ0n) is 11.9. The smallest absolute Gasteiger partial charge is 0.131 e. The van der Waals surface area contributed by atoms with Crippen molar-refractivity contribution in [2.45, 2.75) is 18.4 Å². The molecule has 108 valence electrons. The van der Waals surface area contributed by atoms with Crippen molar-refractivity contribution in [1.82, 2.24) is 10.3 Å². The molecule has 4 rings (SSSR count). The quantitative estimate of drug-likeness (QED) is 0.817. The van der Waals surface area contributed by atoms with Crippen LogP contribution < -0.4 is 5.32 Å². The minimum absolute atomic E-state index is 0.417. The summed E-state index contributed by atoms with van der Waals surface area (Å²) in [6, 6.07) is 11.6. The summed E-state index contributed by atoms with van der Waals surface area (Å²) in [6.45, 7) is 0. The molecular weight excluding hydrogens is 294 g/mol. The Labute approximate surface area is 134 Å². The molecule has 0 bridgehead atoms. The van der Waals surface area contributed by atoms with Crippen molar-refractivity contribution in [1.29, 1.82) is 0 Å². The van der Waals surface area contributed by atoms with E-state index in [2.05, 4.69) is 27.1 Å². The lowest BCUT2D eigenvalue weighted by Crippen LogP contribution is -2.44. The van der Waals surface area contributed by atoms with Crippen LogP contribution in [0.15, 0.2) is 47.6 Å². The molecule has 0 amide bonds. The number of hydrogen-bond donors (Lipinski definition) is 1.